The average Bonchev–Trinajstić information content (AvgIpc) is 2.53. The van der Waals surface area contributed by atoms with E-state index in [1.54, 1.807) is 11.1 Å². The van der Waals surface area contributed by atoms with Gasteiger partial charge in [0.25, 0.3) is 0 Å². The fourth-order valence-electron chi connectivity index (χ4n) is 3.28. The number of fused-ring (bicyclic) bond motifs is 4. The second-order valence-electron chi connectivity index (χ2n) is 4.56. The minimum atomic E-state index is 0.964. The Bertz CT molecular complexity index is 257. The van der Waals surface area contributed by atoms with Crippen molar-refractivity contribution in [3.05, 3.63) is 23.3 Å². The maximum atomic E-state index is 2.47. The summed E-state index contributed by atoms with van der Waals surface area (Å²) in [7, 11) is 0. The van der Waals surface area contributed by atoms with E-state index in [0.29, 0.717) is 0 Å². The molecule has 2 atom stereocenters. The molecule has 0 aliphatic heterocycles. The Kier molecular flexibility index (Phi) is 1.44. The summed E-state index contributed by atoms with van der Waals surface area (Å²) >= 11 is 0. The zero-order chi connectivity index (χ0) is 7.97. The number of rotatable bonds is 0. The molecule has 3 rings (SSSR count). The summed E-state index contributed by atoms with van der Waals surface area (Å²) in [6.45, 7) is 0. The first-order valence-electron chi connectivity index (χ1n) is 5.33. The van der Waals surface area contributed by atoms with E-state index in [-0.39, 0.29) is 0 Å². The molecule has 0 amide bonds. The van der Waals surface area contributed by atoms with Gasteiger partial charge in [-0.15, -0.1) is 0 Å². The van der Waals surface area contributed by atoms with E-state index in [1.807, 2.05) is 0 Å². The summed E-state index contributed by atoms with van der Waals surface area (Å²) in [6.07, 6.45) is 13.5. The second-order valence-corrected chi connectivity index (χ2v) is 4.56. The van der Waals surface area contributed by atoms with Gasteiger partial charge in [0.2, 0.25) is 0 Å². The molecule has 0 aromatic heterocycles. The minimum Gasteiger partial charge on any atom is -0.0772 e. The van der Waals surface area contributed by atoms with E-state index < -0.39 is 0 Å². The van der Waals surface area contributed by atoms with Crippen LogP contribution in [0.1, 0.15) is 38.5 Å². The monoisotopic (exact) mass is 160 g/mol. The summed E-state index contributed by atoms with van der Waals surface area (Å²) in [4.78, 5) is 0. The molecule has 0 heteroatoms. The molecule has 0 aromatic carbocycles. The second kappa shape index (κ2) is 2.48. The lowest BCUT2D eigenvalue weighted by Gasteiger charge is -2.37. The van der Waals surface area contributed by atoms with E-state index in [0.717, 1.165) is 11.8 Å². The average molecular weight is 160 g/mol. The molecule has 0 radical (unpaired) electrons. The third-order valence-electron chi connectivity index (χ3n) is 3.80. The first-order valence-corrected chi connectivity index (χ1v) is 5.33. The number of hydrogen-bond donors (Lipinski definition) is 0. The van der Waals surface area contributed by atoms with Crippen LogP contribution in [0.25, 0.3) is 0 Å². The first kappa shape index (κ1) is 6.94. The Hall–Kier alpha value is -0.520. The highest BCUT2D eigenvalue weighted by Gasteiger charge is 2.32. The Labute approximate surface area is 74.4 Å². The Morgan fingerprint density at radius 1 is 1.17 bits per heavy atom. The minimum absolute atomic E-state index is 0.964. The Morgan fingerprint density at radius 3 is 3.17 bits per heavy atom. The lowest BCUT2D eigenvalue weighted by molar-refractivity contribution is 0.271. The van der Waals surface area contributed by atoms with E-state index in [9.17, 15) is 0 Å². The van der Waals surface area contributed by atoms with Crippen molar-refractivity contribution in [1.82, 2.24) is 0 Å². The third-order valence-corrected chi connectivity index (χ3v) is 3.80. The van der Waals surface area contributed by atoms with Crippen molar-refractivity contribution < 1.29 is 0 Å². The van der Waals surface area contributed by atoms with Gasteiger partial charge >= 0.3 is 0 Å². The summed E-state index contributed by atoms with van der Waals surface area (Å²) in [5.41, 5.74) is 3.46. The van der Waals surface area contributed by atoms with Crippen LogP contribution < -0.4 is 0 Å². The molecule has 0 aromatic rings. The Morgan fingerprint density at radius 2 is 2.17 bits per heavy atom. The van der Waals surface area contributed by atoms with Crippen molar-refractivity contribution >= 4 is 0 Å². The SMILES string of the molecule is C1=C2CC3CCCC(C3)C2=CC1. The molecule has 12 heavy (non-hydrogen) atoms. The normalized spacial score (nSPS) is 38.7. The summed E-state index contributed by atoms with van der Waals surface area (Å²) in [5.74, 6) is 2.01. The van der Waals surface area contributed by atoms with Crippen LogP contribution in [0.3, 0.4) is 0 Å². The quantitative estimate of drug-likeness (QED) is 0.509. The van der Waals surface area contributed by atoms with Gasteiger partial charge in [0.1, 0.15) is 0 Å². The van der Waals surface area contributed by atoms with Crippen molar-refractivity contribution in [1.29, 1.82) is 0 Å². The molecule has 2 bridgehead atoms. The molecule has 3 aliphatic rings. The van der Waals surface area contributed by atoms with Crippen molar-refractivity contribution in [2.45, 2.75) is 38.5 Å². The molecule has 0 saturated heterocycles. The van der Waals surface area contributed by atoms with Gasteiger partial charge < -0.3 is 0 Å². The number of hydrogen-bond acceptors (Lipinski definition) is 0. The standard InChI is InChI=1S/C12H16/c1-3-9-7-10(4-1)12-6-2-5-11(12)8-9/h5-6,9-10H,1-4,7-8H2. The first-order chi connectivity index (χ1) is 5.93. The molecule has 2 fully saturated rings. The van der Waals surface area contributed by atoms with Crippen LogP contribution in [0.5, 0.6) is 0 Å². The predicted molar refractivity (Wildman–Crippen MR) is 50.8 cm³/mol. The van der Waals surface area contributed by atoms with E-state index >= 15 is 0 Å². The molecule has 2 unspecified atom stereocenters. The van der Waals surface area contributed by atoms with Crippen LogP contribution >= 0.6 is 0 Å². The summed E-state index contributed by atoms with van der Waals surface area (Å²) < 4.78 is 0. The summed E-state index contributed by atoms with van der Waals surface area (Å²) in [6, 6.07) is 0. The highest BCUT2D eigenvalue weighted by molar-refractivity contribution is 5.41. The van der Waals surface area contributed by atoms with Crippen LogP contribution in [0.2, 0.25) is 0 Å². The largest absolute Gasteiger partial charge is 0.0772 e. The molecular weight excluding hydrogens is 144 g/mol. The van der Waals surface area contributed by atoms with Crippen LogP contribution in [-0.2, 0) is 0 Å². The predicted octanol–water partition coefficient (Wildman–Crippen LogP) is 3.45. The van der Waals surface area contributed by atoms with Gasteiger partial charge in [-0.05, 0) is 48.7 Å². The van der Waals surface area contributed by atoms with E-state index in [4.69, 9.17) is 0 Å². The molecule has 0 spiro atoms. The van der Waals surface area contributed by atoms with Crippen LogP contribution in [-0.4, -0.2) is 0 Å². The zero-order valence-electron chi connectivity index (χ0n) is 7.55. The topological polar surface area (TPSA) is 0 Å². The fraction of sp³-hybridized carbons (Fsp3) is 0.667. The van der Waals surface area contributed by atoms with Crippen molar-refractivity contribution in [2.24, 2.45) is 11.8 Å². The van der Waals surface area contributed by atoms with Crippen LogP contribution in [0.15, 0.2) is 23.3 Å². The fourth-order valence-corrected chi connectivity index (χ4v) is 3.28. The smallest absolute Gasteiger partial charge is 0.0157 e. The lowest BCUT2D eigenvalue weighted by Crippen LogP contribution is -2.23. The van der Waals surface area contributed by atoms with E-state index in [1.165, 1.54) is 38.5 Å². The number of allylic oxidation sites excluding steroid dienone is 4. The van der Waals surface area contributed by atoms with Gasteiger partial charge in [0.15, 0.2) is 0 Å². The van der Waals surface area contributed by atoms with Crippen molar-refractivity contribution in [3.63, 3.8) is 0 Å². The Balaban J connectivity index is 1.95. The van der Waals surface area contributed by atoms with Crippen molar-refractivity contribution in [3.8, 4) is 0 Å². The molecule has 0 nitrogen and oxygen atoms in total. The van der Waals surface area contributed by atoms with Crippen LogP contribution in [0, 0.1) is 11.8 Å². The zero-order valence-corrected chi connectivity index (χ0v) is 7.55. The molecule has 3 aliphatic carbocycles. The molecule has 2 saturated carbocycles. The molecule has 0 N–H and O–H groups in total. The maximum Gasteiger partial charge on any atom is -0.0157 e. The molecular formula is C12H16. The lowest BCUT2D eigenvalue weighted by atomic mass is 9.68. The van der Waals surface area contributed by atoms with Gasteiger partial charge in [-0.25, -0.2) is 0 Å². The van der Waals surface area contributed by atoms with Gasteiger partial charge in [-0.1, -0.05) is 25.0 Å². The third kappa shape index (κ3) is 0.903. The van der Waals surface area contributed by atoms with E-state index in [2.05, 4.69) is 12.2 Å². The van der Waals surface area contributed by atoms with Crippen LogP contribution in [0.4, 0.5) is 0 Å². The van der Waals surface area contributed by atoms with Gasteiger partial charge in [0, 0.05) is 0 Å². The van der Waals surface area contributed by atoms with Gasteiger partial charge in [0.05, 0.1) is 0 Å². The highest BCUT2D eigenvalue weighted by Crippen LogP contribution is 2.47. The van der Waals surface area contributed by atoms with Gasteiger partial charge in [-0.3, -0.25) is 0 Å². The van der Waals surface area contributed by atoms with Gasteiger partial charge in [-0.2, -0.15) is 0 Å². The molecule has 64 valence electrons. The van der Waals surface area contributed by atoms with Crippen molar-refractivity contribution in [2.75, 3.05) is 0 Å². The maximum absolute atomic E-state index is 2.47. The summed E-state index contributed by atoms with van der Waals surface area (Å²) in [5, 5.41) is 0. The highest BCUT2D eigenvalue weighted by atomic mass is 14.4. The molecule has 0 heterocycles.